The van der Waals surface area contributed by atoms with Gasteiger partial charge in [0.1, 0.15) is 0 Å². The van der Waals surface area contributed by atoms with Gasteiger partial charge in [0.15, 0.2) is 19.4 Å². The van der Waals surface area contributed by atoms with Gasteiger partial charge in [0.05, 0.1) is 0 Å². The van der Waals surface area contributed by atoms with E-state index in [9.17, 15) is 9.70 Å². The van der Waals surface area contributed by atoms with Crippen LogP contribution < -0.4 is 10.1 Å². The van der Waals surface area contributed by atoms with Gasteiger partial charge in [0.2, 0.25) is 0 Å². The third-order valence-electron chi connectivity index (χ3n) is 2.60. The minimum atomic E-state index is -1.07. The summed E-state index contributed by atoms with van der Waals surface area (Å²) in [5.41, 5.74) is 1.17. The Bertz CT molecular complexity index is 483. The summed E-state index contributed by atoms with van der Waals surface area (Å²) in [5, 5.41) is 11.8. The Morgan fingerprint density at radius 2 is 2.28 bits per heavy atom. The predicted octanol–water partition coefficient (Wildman–Crippen LogP) is 1.76. The Balaban J connectivity index is 2.16. The van der Waals surface area contributed by atoms with Crippen LogP contribution >= 0.6 is 0 Å². The fourth-order valence-corrected chi connectivity index (χ4v) is 1.58. The van der Waals surface area contributed by atoms with Crippen molar-refractivity contribution < 1.29 is 19.4 Å². The van der Waals surface area contributed by atoms with E-state index in [1.165, 1.54) is 7.05 Å². The number of aliphatic carboxylic acids is 1. The number of nitroso groups, excluding NO2 is 1. The van der Waals surface area contributed by atoms with E-state index >= 15 is 0 Å². The number of nitrogens with one attached hydrogen (secondary N) is 1. The number of carboxylic acids is 1. The molecule has 0 unspecified atom stereocenters. The molecule has 1 aromatic rings. The van der Waals surface area contributed by atoms with Crippen molar-refractivity contribution in [1.82, 2.24) is 0 Å². The molecule has 0 aromatic heterocycles. The smallest absolute Gasteiger partial charge is 0.341 e. The number of rotatable bonds is 6. The van der Waals surface area contributed by atoms with Crippen molar-refractivity contribution in [3.05, 3.63) is 23.1 Å². The van der Waals surface area contributed by atoms with Crippen LogP contribution in [0.1, 0.15) is 12.8 Å². The molecular formula is C12H15N2O4+. The monoisotopic (exact) mass is 251 g/mol. The maximum absolute atomic E-state index is 11.4. The fourth-order valence-electron chi connectivity index (χ4n) is 1.58. The molecule has 0 radical (unpaired) electrons. The van der Waals surface area contributed by atoms with E-state index in [1.807, 2.05) is 0 Å². The van der Waals surface area contributed by atoms with Gasteiger partial charge in [-0.2, -0.15) is 0 Å². The molecule has 2 N–H and O–H groups in total. The number of nitrogens with zero attached hydrogens (tertiary/aromatic N) is 1. The Morgan fingerprint density at radius 3 is 2.83 bits per heavy atom. The van der Waals surface area contributed by atoms with Crippen molar-refractivity contribution >= 4 is 17.3 Å². The second-order valence-corrected chi connectivity index (χ2v) is 4.28. The summed E-state index contributed by atoms with van der Waals surface area (Å²) in [5.74, 6) is -0.800. The Labute approximate surface area is 104 Å². The molecule has 96 valence electrons. The molecule has 6 nitrogen and oxygen atoms in total. The van der Waals surface area contributed by atoms with E-state index in [-0.39, 0.29) is 5.75 Å². The number of benzene rings is 1. The van der Waals surface area contributed by atoms with Crippen LogP contribution in [0.2, 0.25) is 0 Å². The molecule has 0 saturated heterocycles. The van der Waals surface area contributed by atoms with Crippen molar-refractivity contribution in [3.8, 4) is 5.75 Å². The number of hydrogen-bond donors (Lipinski definition) is 2. The van der Waals surface area contributed by atoms with Crippen LogP contribution in [0.4, 0.5) is 11.4 Å². The molecule has 2 rings (SSSR count). The molecule has 1 fully saturated rings. The van der Waals surface area contributed by atoms with E-state index in [4.69, 9.17) is 9.84 Å². The maximum Gasteiger partial charge on any atom is 0.341 e. The van der Waals surface area contributed by atoms with Crippen molar-refractivity contribution in [2.24, 2.45) is 0 Å². The molecule has 1 aliphatic rings. The summed E-state index contributed by atoms with van der Waals surface area (Å²) < 4.78 is 5.73. The topological polar surface area (TPSA) is 78.6 Å². The normalized spacial score (nSPS) is 14.1. The zero-order chi connectivity index (χ0) is 13.1. The van der Waals surface area contributed by atoms with Crippen LogP contribution in [0.3, 0.4) is 0 Å². The molecule has 6 heteroatoms. The van der Waals surface area contributed by atoms with E-state index < -0.39 is 12.6 Å². The fraction of sp³-hybridized carbons (Fsp3) is 0.417. The molecule has 1 aliphatic carbocycles. The van der Waals surface area contributed by atoms with Gasteiger partial charge in [0.25, 0.3) is 5.69 Å². The first-order chi connectivity index (χ1) is 8.56. The van der Waals surface area contributed by atoms with Gasteiger partial charge < -0.3 is 15.2 Å². The molecule has 0 bridgehead atoms. The van der Waals surface area contributed by atoms with Gasteiger partial charge >= 0.3 is 5.97 Å². The number of hydrogen-bond acceptors (Lipinski definition) is 4. The van der Waals surface area contributed by atoms with E-state index in [0.717, 1.165) is 18.5 Å². The van der Waals surface area contributed by atoms with Gasteiger partial charge in [-0.25, -0.2) is 4.79 Å². The SMILES string of the molecule is C[N+](=O)c1cc(NC2CC2)ccc1OCC(=O)O. The Morgan fingerprint density at radius 1 is 1.56 bits per heavy atom. The van der Waals surface area contributed by atoms with Gasteiger partial charge in [-0.05, 0) is 25.0 Å². The zero-order valence-corrected chi connectivity index (χ0v) is 10.0. The van der Waals surface area contributed by atoms with Crippen LogP contribution in [-0.4, -0.2) is 35.5 Å². The number of ether oxygens (including phenoxy) is 1. The lowest BCUT2D eigenvalue weighted by atomic mass is 10.2. The average molecular weight is 251 g/mol. The largest absolute Gasteiger partial charge is 0.479 e. The molecule has 18 heavy (non-hydrogen) atoms. The van der Waals surface area contributed by atoms with E-state index in [1.54, 1.807) is 18.2 Å². The summed E-state index contributed by atoms with van der Waals surface area (Å²) in [7, 11) is 1.35. The Kier molecular flexibility index (Phi) is 3.45. The summed E-state index contributed by atoms with van der Waals surface area (Å²) in [6, 6.07) is 5.54. The molecule has 1 saturated carbocycles. The second kappa shape index (κ2) is 5.03. The molecule has 0 spiro atoms. The molecule has 1 aromatic carbocycles. The first-order valence-corrected chi connectivity index (χ1v) is 5.72. The lowest BCUT2D eigenvalue weighted by molar-refractivity contribution is -0.429. The van der Waals surface area contributed by atoms with Gasteiger partial charge in [-0.3, -0.25) is 0 Å². The molecule has 0 aliphatic heterocycles. The third-order valence-corrected chi connectivity index (χ3v) is 2.60. The van der Waals surface area contributed by atoms with Crippen molar-refractivity contribution in [3.63, 3.8) is 0 Å². The Hall–Kier alpha value is -2.11. The third kappa shape index (κ3) is 3.19. The van der Waals surface area contributed by atoms with Crippen molar-refractivity contribution in [2.75, 3.05) is 19.0 Å². The molecule has 0 atom stereocenters. The summed E-state index contributed by atoms with van der Waals surface area (Å²) in [6.45, 7) is -0.462. The van der Waals surface area contributed by atoms with Gasteiger partial charge in [-0.15, -0.1) is 0 Å². The molecule has 0 amide bonds. The average Bonchev–Trinajstić information content (AvgIpc) is 3.11. The number of carbonyl (C=O) groups is 1. The first-order valence-electron chi connectivity index (χ1n) is 5.72. The highest BCUT2D eigenvalue weighted by Gasteiger charge is 2.23. The number of anilines is 1. The minimum Gasteiger partial charge on any atom is -0.479 e. The second-order valence-electron chi connectivity index (χ2n) is 4.28. The van der Waals surface area contributed by atoms with Crippen molar-refractivity contribution in [1.29, 1.82) is 0 Å². The minimum absolute atomic E-state index is 0.274. The van der Waals surface area contributed by atoms with Gasteiger partial charge in [0, 0.05) is 27.5 Å². The molecule has 0 heterocycles. The summed E-state index contributed by atoms with van der Waals surface area (Å²) >= 11 is 0. The standard InChI is InChI=1S/C12H14N2O4/c1-14(17)10-6-9(13-8-2-3-8)4-5-11(10)18-7-12(15)16/h4-6,8,13H,2-3,7H2,1H3/p+1. The van der Waals surface area contributed by atoms with Crippen molar-refractivity contribution in [2.45, 2.75) is 18.9 Å². The quantitative estimate of drug-likeness (QED) is 0.753. The van der Waals surface area contributed by atoms with E-state index in [0.29, 0.717) is 16.5 Å². The molecular weight excluding hydrogens is 236 g/mol. The maximum atomic E-state index is 11.4. The van der Waals surface area contributed by atoms with Crippen LogP contribution in [0.5, 0.6) is 5.75 Å². The highest BCUT2D eigenvalue weighted by molar-refractivity contribution is 5.69. The highest BCUT2D eigenvalue weighted by atomic mass is 16.5. The summed E-state index contributed by atoms with van der Waals surface area (Å²) in [4.78, 5) is 21.9. The lowest BCUT2D eigenvalue weighted by Crippen LogP contribution is -2.11. The first kappa shape index (κ1) is 12.3. The van der Waals surface area contributed by atoms with Crippen LogP contribution in [-0.2, 0) is 4.79 Å². The number of carboxylic acid groups (broad SMARTS) is 1. The van der Waals surface area contributed by atoms with E-state index in [2.05, 4.69) is 5.32 Å². The highest BCUT2D eigenvalue weighted by Crippen LogP contribution is 2.32. The van der Waals surface area contributed by atoms with Crippen LogP contribution in [0.25, 0.3) is 0 Å². The van der Waals surface area contributed by atoms with Gasteiger partial charge in [-0.1, -0.05) is 0 Å². The van der Waals surface area contributed by atoms with Crippen LogP contribution in [0.15, 0.2) is 18.2 Å². The summed E-state index contributed by atoms with van der Waals surface area (Å²) in [6.07, 6.45) is 2.28. The zero-order valence-electron chi connectivity index (χ0n) is 10.0. The predicted molar refractivity (Wildman–Crippen MR) is 65.4 cm³/mol. The lowest BCUT2D eigenvalue weighted by Gasteiger charge is -2.07. The van der Waals surface area contributed by atoms with Crippen LogP contribution in [0, 0.1) is 4.91 Å².